The van der Waals surface area contributed by atoms with Crippen LogP contribution in [0.25, 0.3) is 11.0 Å². The molecule has 0 atom stereocenters. The lowest BCUT2D eigenvalue weighted by Crippen LogP contribution is -2.08. The van der Waals surface area contributed by atoms with Crippen LogP contribution in [0.15, 0.2) is 65.3 Å². The standard InChI is InChI=1S/C21H17F3N2O2/c1-14-5-2-3-7-19(14)28-13-20-25-17-11-15(21(22,23)24)8-9-18(17)26(20)12-16-6-4-10-27-16/h2-11H,12-13H2,1H3. The second kappa shape index (κ2) is 7.07. The van der Waals surface area contributed by atoms with Gasteiger partial charge in [0.15, 0.2) is 0 Å². The Labute approximate surface area is 159 Å². The van der Waals surface area contributed by atoms with Gasteiger partial charge in [-0.3, -0.25) is 0 Å². The number of halogens is 3. The van der Waals surface area contributed by atoms with Gasteiger partial charge in [-0.15, -0.1) is 0 Å². The number of fused-ring (bicyclic) bond motifs is 1. The van der Waals surface area contributed by atoms with E-state index in [2.05, 4.69) is 4.98 Å². The van der Waals surface area contributed by atoms with E-state index in [9.17, 15) is 13.2 Å². The molecule has 0 unspecified atom stereocenters. The number of rotatable bonds is 5. The molecule has 0 spiro atoms. The molecule has 0 aliphatic heterocycles. The topological polar surface area (TPSA) is 40.2 Å². The summed E-state index contributed by atoms with van der Waals surface area (Å²) in [5.41, 5.74) is 1.10. The fraction of sp³-hybridized carbons (Fsp3) is 0.190. The van der Waals surface area contributed by atoms with Crippen LogP contribution in [0.1, 0.15) is 22.7 Å². The number of hydrogen-bond donors (Lipinski definition) is 0. The number of hydrogen-bond acceptors (Lipinski definition) is 3. The molecule has 144 valence electrons. The van der Waals surface area contributed by atoms with Crippen LogP contribution in [0.2, 0.25) is 0 Å². The summed E-state index contributed by atoms with van der Waals surface area (Å²) >= 11 is 0. The molecular weight excluding hydrogens is 369 g/mol. The Balaban J connectivity index is 1.73. The van der Waals surface area contributed by atoms with Gasteiger partial charge in [0, 0.05) is 0 Å². The van der Waals surface area contributed by atoms with Gasteiger partial charge >= 0.3 is 6.18 Å². The lowest BCUT2D eigenvalue weighted by atomic mass is 10.2. The predicted molar refractivity (Wildman–Crippen MR) is 98.1 cm³/mol. The molecule has 0 saturated heterocycles. The van der Waals surface area contributed by atoms with E-state index < -0.39 is 11.7 Å². The molecule has 2 aromatic heterocycles. The average Bonchev–Trinajstić information content (AvgIpc) is 3.28. The van der Waals surface area contributed by atoms with Crippen LogP contribution in [0, 0.1) is 6.92 Å². The van der Waals surface area contributed by atoms with Gasteiger partial charge in [-0.05, 0) is 48.9 Å². The predicted octanol–water partition coefficient (Wildman–Crippen LogP) is 5.58. The van der Waals surface area contributed by atoms with E-state index in [1.165, 1.54) is 6.07 Å². The summed E-state index contributed by atoms with van der Waals surface area (Å²) in [4.78, 5) is 4.41. The number of imidazole rings is 1. The van der Waals surface area contributed by atoms with E-state index in [1.54, 1.807) is 12.3 Å². The van der Waals surface area contributed by atoms with E-state index in [4.69, 9.17) is 9.15 Å². The second-order valence-corrected chi connectivity index (χ2v) is 6.45. The van der Waals surface area contributed by atoms with E-state index in [1.807, 2.05) is 41.8 Å². The van der Waals surface area contributed by atoms with Crippen molar-refractivity contribution in [2.24, 2.45) is 0 Å². The molecule has 0 radical (unpaired) electrons. The van der Waals surface area contributed by atoms with Gasteiger partial charge in [0.25, 0.3) is 0 Å². The Bertz CT molecular complexity index is 1100. The zero-order valence-electron chi connectivity index (χ0n) is 15.0. The first-order valence-electron chi connectivity index (χ1n) is 8.69. The summed E-state index contributed by atoms with van der Waals surface area (Å²) in [6, 6.07) is 14.7. The number of para-hydroxylation sites is 1. The van der Waals surface area contributed by atoms with Crippen molar-refractivity contribution in [2.45, 2.75) is 26.3 Å². The molecular formula is C21H17F3N2O2. The number of benzene rings is 2. The van der Waals surface area contributed by atoms with Crippen LogP contribution >= 0.6 is 0 Å². The van der Waals surface area contributed by atoms with Gasteiger partial charge in [-0.1, -0.05) is 18.2 Å². The van der Waals surface area contributed by atoms with E-state index in [0.29, 0.717) is 29.4 Å². The van der Waals surface area contributed by atoms with Crippen LogP contribution < -0.4 is 4.74 Å². The fourth-order valence-electron chi connectivity index (χ4n) is 3.06. The summed E-state index contributed by atoms with van der Waals surface area (Å²) in [5, 5.41) is 0. The van der Waals surface area contributed by atoms with Crippen LogP contribution in [0.3, 0.4) is 0 Å². The fourth-order valence-corrected chi connectivity index (χ4v) is 3.06. The number of aryl methyl sites for hydroxylation is 1. The van der Waals surface area contributed by atoms with Crippen LogP contribution in [-0.4, -0.2) is 9.55 Å². The molecule has 4 rings (SSSR count). The summed E-state index contributed by atoms with van der Waals surface area (Å²) in [6.07, 6.45) is -2.86. The maximum absolute atomic E-state index is 13.1. The van der Waals surface area contributed by atoms with Gasteiger partial charge in [0.05, 0.1) is 29.4 Å². The highest BCUT2D eigenvalue weighted by Crippen LogP contribution is 2.32. The normalized spacial score (nSPS) is 11.9. The summed E-state index contributed by atoms with van der Waals surface area (Å²) in [5.74, 6) is 1.90. The summed E-state index contributed by atoms with van der Waals surface area (Å²) in [6.45, 7) is 2.40. The minimum absolute atomic E-state index is 0.127. The van der Waals surface area contributed by atoms with Crippen molar-refractivity contribution in [1.29, 1.82) is 0 Å². The van der Waals surface area contributed by atoms with Crippen molar-refractivity contribution in [3.05, 3.63) is 83.6 Å². The third-order valence-electron chi connectivity index (χ3n) is 4.50. The number of alkyl halides is 3. The molecule has 2 aromatic carbocycles. The zero-order chi connectivity index (χ0) is 19.7. The van der Waals surface area contributed by atoms with Gasteiger partial charge in [-0.25, -0.2) is 4.98 Å². The minimum Gasteiger partial charge on any atom is -0.485 e. The van der Waals surface area contributed by atoms with Crippen LogP contribution in [0.4, 0.5) is 13.2 Å². The third-order valence-corrected chi connectivity index (χ3v) is 4.50. The molecule has 7 heteroatoms. The maximum atomic E-state index is 13.1. The lowest BCUT2D eigenvalue weighted by molar-refractivity contribution is -0.137. The average molecular weight is 386 g/mol. The Morgan fingerprint density at radius 2 is 1.89 bits per heavy atom. The molecule has 28 heavy (non-hydrogen) atoms. The highest BCUT2D eigenvalue weighted by Gasteiger charge is 2.31. The molecule has 4 nitrogen and oxygen atoms in total. The molecule has 0 aliphatic rings. The highest BCUT2D eigenvalue weighted by molar-refractivity contribution is 5.77. The molecule has 0 bridgehead atoms. The monoisotopic (exact) mass is 386 g/mol. The molecule has 0 amide bonds. The van der Waals surface area contributed by atoms with Gasteiger partial charge < -0.3 is 13.7 Å². The zero-order valence-corrected chi connectivity index (χ0v) is 15.0. The largest absolute Gasteiger partial charge is 0.485 e. The van der Waals surface area contributed by atoms with Crippen molar-refractivity contribution in [3.8, 4) is 5.75 Å². The van der Waals surface area contributed by atoms with E-state index in [-0.39, 0.29) is 12.1 Å². The molecule has 0 saturated carbocycles. The summed E-state index contributed by atoms with van der Waals surface area (Å²) in [7, 11) is 0. The number of furan rings is 1. The van der Waals surface area contributed by atoms with Crippen molar-refractivity contribution >= 4 is 11.0 Å². The molecule has 4 aromatic rings. The third kappa shape index (κ3) is 3.60. The molecule has 2 heterocycles. The lowest BCUT2D eigenvalue weighted by Gasteiger charge is -2.11. The van der Waals surface area contributed by atoms with Crippen molar-refractivity contribution < 1.29 is 22.3 Å². The van der Waals surface area contributed by atoms with Crippen molar-refractivity contribution in [1.82, 2.24) is 9.55 Å². The Kier molecular flexibility index (Phi) is 4.58. The number of ether oxygens (including phenoxy) is 1. The molecule has 0 N–H and O–H groups in total. The first-order valence-corrected chi connectivity index (χ1v) is 8.69. The van der Waals surface area contributed by atoms with Crippen molar-refractivity contribution in [3.63, 3.8) is 0 Å². The van der Waals surface area contributed by atoms with E-state index in [0.717, 1.165) is 17.7 Å². The quantitative estimate of drug-likeness (QED) is 0.449. The highest BCUT2D eigenvalue weighted by atomic mass is 19.4. The SMILES string of the molecule is Cc1ccccc1OCc1nc2cc(C(F)(F)F)ccc2n1Cc1ccco1. The molecule has 0 fully saturated rings. The molecule has 0 aliphatic carbocycles. The maximum Gasteiger partial charge on any atom is 0.416 e. The Morgan fingerprint density at radius 3 is 2.61 bits per heavy atom. The number of aromatic nitrogens is 2. The second-order valence-electron chi connectivity index (χ2n) is 6.45. The van der Waals surface area contributed by atoms with Gasteiger partial charge in [-0.2, -0.15) is 13.2 Å². The number of nitrogens with zero attached hydrogens (tertiary/aromatic N) is 2. The van der Waals surface area contributed by atoms with Gasteiger partial charge in [0.1, 0.15) is 23.9 Å². The smallest absolute Gasteiger partial charge is 0.416 e. The first kappa shape index (κ1) is 18.2. The van der Waals surface area contributed by atoms with E-state index >= 15 is 0 Å². The van der Waals surface area contributed by atoms with Crippen LogP contribution in [0.5, 0.6) is 5.75 Å². The Hall–Kier alpha value is -3.22. The Morgan fingerprint density at radius 1 is 1.07 bits per heavy atom. The van der Waals surface area contributed by atoms with Crippen LogP contribution in [-0.2, 0) is 19.3 Å². The van der Waals surface area contributed by atoms with Crippen molar-refractivity contribution in [2.75, 3.05) is 0 Å². The summed E-state index contributed by atoms with van der Waals surface area (Å²) < 4.78 is 52.3. The minimum atomic E-state index is -4.42. The first-order chi connectivity index (χ1) is 13.4. The van der Waals surface area contributed by atoms with Gasteiger partial charge in [0.2, 0.25) is 0 Å².